The van der Waals surface area contributed by atoms with Crippen LogP contribution in [0.3, 0.4) is 0 Å². The van der Waals surface area contributed by atoms with E-state index in [4.69, 9.17) is 0 Å². The second-order valence-electron chi connectivity index (χ2n) is 2.64. The van der Waals surface area contributed by atoms with Crippen molar-refractivity contribution >= 4 is 0 Å². The Labute approximate surface area is 77.8 Å². The lowest BCUT2D eigenvalue weighted by Gasteiger charge is -1.85. The van der Waals surface area contributed by atoms with Gasteiger partial charge in [-0.05, 0) is 18.1 Å². The summed E-state index contributed by atoms with van der Waals surface area (Å²) in [5.74, 6) is 6.01. The summed E-state index contributed by atoms with van der Waals surface area (Å²) in [7, 11) is 0. The smallest absolute Gasteiger partial charge is 0.113 e. The van der Waals surface area contributed by atoms with Crippen molar-refractivity contribution in [1.82, 2.24) is 4.98 Å². The van der Waals surface area contributed by atoms with E-state index in [0.29, 0.717) is 0 Å². The monoisotopic (exact) mass is 166 g/mol. The number of allylic oxidation sites excluding steroid dienone is 4. The third kappa shape index (κ3) is 2.07. The molecule has 1 aromatic rings. The molecule has 0 saturated heterocycles. The van der Waals surface area contributed by atoms with Gasteiger partial charge in [0, 0.05) is 18.2 Å². The van der Waals surface area contributed by atoms with Gasteiger partial charge < -0.3 is 0 Å². The molecular formula is C12H8N. The van der Waals surface area contributed by atoms with Crippen molar-refractivity contribution in [1.29, 1.82) is 0 Å². The first kappa shape index (κ1) is 7.82. The largest absolute Gasteiger partial charge is 0.248 e. The summed E-state index contributed by atoms with van der Waals surface area (Å²) < 4.78 is 0. The Bertz CT molecular complexity index is 402. The molecule has 0 spiro atoms. The summed E-state index contributed by atoms with van der Waals surface area (Å²) in [6.07, 6.45) is 9.66. The van der Waals surface area contributed by atoms with Crippen LogP contribution in [0.2, 0.25) is 0 Å². The highest BCUT2D eigenvalue weighted by Crippen LogP contribution is 2.05. The molecular weight excluding hydrogens is 158 g/mol. The van der Waals surface area contributed by atoms with Gasteiger partial charge in [-0.1, -0.05) is 30.2 Å². The summed E-state index contributed by atoms with van der Waals surface area (Å²) in [5, 5.41) is 0. The third-order valence-electron chi connectivity index (χ3n) is 1.66. The summed E-state index contributed by atoms with van der Waals surface area (Å²) in [6, 6.07) is 5.71. The minimum absolute atomic E-state index is 0.809. The maximum atomic E-state index is 4.10. The molecule has 0 atom stereocenters. The Balaban J connectivity index is 2.17. The van der Waals surface area contributed by atoms with Crippen LogP contribution >= 0.6 is 0 Å². The first-order chi connectivity index (χ1) is 6.45. The molecule has 0 aromatic carbocycles. The Morgan fingerprint density at radius 3 is 2.85 bits per heavy atom. The summed E-state index contributed by atoms with van der Waals surface area (Å²) >= 11 is 0. The highest BCUT2D eigenvalue weighted by atomic mass is 14.6. The SMILES string of the molecule is C(#Cc1ccccn1)C1=C[CH]C=C1. The molecule has 1 aliphatic rings. The van der Waals surface area contributed by atoms with E-state index in [1.165, 1.54) is 0 Å². The topological polar surface area (TPSA) is 12.9 Å². The fraction of sp³-hybridized carbons (Fsp3) is 0. The van der Waals surface area contributed by atoms with Gasteiger partial charge in [-0.25, -0.2) is 4.98 Å². The molecule has 1 aliphatic carbocycles. The molecule has 1 heterocycles. The van der Waals surface area contributed by atoms with Crippen molar-refractivity contribution in [3.05, 3.63) is 60.3 Å². The molecule has 1 nitrogen and oxygen atoms in total. The molecule has 0 unspecified atom stereocenters. The predicted octanol–water partition coefficient (Wildman–Crippen LogP) is 2.13. The van der Waals surface area contributed by atoms with Crippen molar-refractivity contribution in [2.45, 2.75) is 0 Å². The van der Waals surface area contributed by atoms with Crippen molar-refractivity contribution in [3.8, 4) is 11.8 Å². The van der Waals surface area contributed by atoms with E-state index in [1.54, 1.807) is 6.20 Å². The molecule has 0 fully saturated rings. The fourth-order valence-electron chi connectivity index (χ4n) is 1.03. The van der Waals surface area contributed by atoms with Crippen LogP contribution in [0.15, 0.2) is 48.2 Å². The lowest BCUT2D eigenvalue weighted by atomic mass is 10.3. The standard InChI is InChI=1S/C12H8N/c1-2-6-11(5-1)8-9-12-7-3-4-10-13-12/h1-7,10H. The Hall–Kier alpha value is -1.81. The first-order valence-corrected chi connectivity index (χ1v) is 4.10. The number of aromatic nitrogens is 1. The zero-order valence-corrected chi connectivity index (χ0v) is 7.07. The van der Waals surface area contributed by atoms with Crippen LogP contribution in [0.1, 0.15) is 5.69 Å². The number of hydrogen-bond acceptors (Lipinski definition) is 1. The molecule has 1 radical (unpaired) electrons. The molecule has 1 heteroatoms. The molecule has 0 saturated carbocycles. The lowest BCUT2D eigenvalue weighted by molar-refractivity contribution is 1.29. The van der Waals surface area contributed by atoms with Gasteiger partial charge in [0.1, 0.15) is 5.69 Å². The van der Waals surface area contributed by atoms with Crippen molar-refractivity contribution < 1.29 is 0 Å². The summed E-state index contributed by atoms with van der Waals surface area (Å²) in [4.78, 5) is 4.10. The van der Waals surface area contributed by atoms with Crippen LogP contribution in [0.4, 0.5) is 0 Å². The van der Waals surface area contributed by atoms with Crippen molar-refractivity contribution in [3.63, 3.8) is 0 Å². The maximum Gasteiger partial charge on any atom is 0.113 e. The molecule has 61 valence electrons. The first-order valence-electron chi connectivity index (χ1n) is 4.10. The van der Waals surface area contributed by atoms with Crippen LogP contribution in [0.25, 0.3) is 0 Å². The average molecular weight is 166 g/mol. The normalized spacial score (nSPS) is 13.4. The summed E-state index contributed by atoms with van der Waals surface area (Å²) in [5.41, 5.74) is 1.84. The lowest BCUT2D eigenvalue weighted by Crippen LogP contribution is -1.78. The van der Waals surface area contributed by atoms with Gasteiger partial charge in [-0.15, -0.1) is 0 Å². The van der Waals surface area contributed by atoms with E-state index in [2.05, 4.69) is 16.8 Å². The highest BCUT2D eigenvalue weighted by Gasteiger charge is 1.91. The van der Waals surface area contributed by atoms with Gasteiger partial charge in [-0.2, -0.15) is 0 Å². The second kappa shape index (κ2) is 3.73. The number of pyridine rings is 1. The van der Waals surface area contributed by atoms with Gasteiger partial charge in [0.05, 0.1) is 0 Å². The van der Waals surface area contributed by atoms with Crippen LogP contribution in [0, 0.1) is 18.3 Å². The zero-order chi connectivity index (χ0) is 8.93. The van der Waals surface area contributed by atoms with E-state index >= 15 is 0 Å². The van der Waals surface area contributed by atoms with Gasteiger partial charge in [0.25, 0.3) is 0 Å². The Morgan fingerprint density at radius 2 is 2.15 bits per heavy atom. The molecule has 2 rings (SSSR count). The molecule has 0 N–H and O–H groups in total. The van der Waals surface area contributed by atoms with Gasteiger partial charge in [0.2, 0.25) is 0 Å². The van der Waals surface area contributed by atoms with Crippen LogP contribution in [-0.4, -0.2) is 4.98 Å². The minimum Gasteiger partial charge on any atom is -0.248 e. The number of hydrogen-bond donors (Lipinski definition) is 0. The Kier molecular flexibility index (Phi) is 2.24. The molecule has 0 amide bonds. The quantitative estimate of drug-likeness (QED) is 0.538. The van der Waals surface area contributed by atoms with Crippen molar-refractivity contribution in [2.75, 3.05) is 0 Å². The van der Waals surface area contributed by atoms with Crippen LogP contribution in [-0.2, 0) is 0 Å². The summed E-state index contributed by atoms with van der Waals surface area (Å²) in [6.45, 7) is 0. The zero-order valence-electron chi connectivity index (χ0n) is 7.07. The Morgan fingerprint density at radius 1 is 1.15 bits per heavy atom. The average Bonchev–Trinajstić information content (AvgIpc) is 2.69. The third-order valence-corrected chi connectivity index (χ3v) is 1.66. The number of nitrogens with zero attached hydrogens (tertiary/aromatic N) is 1. The second-order valence-corrected chi connectivity index (χ2v) is 2.64. The van der Waals surface area contributed by atoms with Gasteiger partial charge in [0.15, 0.2) is 0 Å². The van der Waals surface area contributed by atoms with Crippen molar-refractivity contribution in [2.24, 2.45) is 0 Å². The molecule has 13 heavy (non-hydrogen) atoms. The molecule has 1 aromatic heterocycles. The van der Waals surface area contributed by atoms with E-state index < -0.39 is 0 Å². The van der Waals surface area contributed by atoms with E-state index in [0.717, 1.165) is 11.3 Å². The van der Waals surface area contributed by atoms with Crippen LogP contribution < -0.4 is 0 Å². The highest BCUT2D eigenvalue weighted by molar-refractivity contribution is 5.48. The number of rotatable bonds is 0. The van der Waals surface area contributed by atoms with E-state index in [1.807, 2.05) is 42.8 Å². The molecule has 0 bridgehead atoms. The van der Waals surface area contributed by atoms with Crippen LogP contribution in [0.5, 0.6) is 0 Å². The minimum atomic E-state index is 0.809. The predicted molar refractivity (Wildman–Crippen MR) is 52.6 cm³/mol. The molecule has 0 aliphatic heterocycles. The van der Waals surface area contributed by atoms with E-state index in [-0.39, 0.29) is 0 Å². The van der Waals surface area contributed by atoms with E-state index in [9.17, 15) is 0 Å². The fourth-order valence-corrected chi connectivity index (χ4v) is 1.03. The maximum absolute atomic E-state index is 4.10. The van der Waals surface area contributed by atoms with Gasteiger partial charge >= 0.3 is 0 Å². The van der Waals surface area contributed by atoms with Gasteiger partial charge in [-0.3, -0.25) is 0 Å².